The second kappa shape index (κ2) is 4.94. The van der Waals surface area contributed by atoms with Crippen LogP contribution in [0.1, 0.15) is 25.6 Å². The summed E-state index contributed by atoms with van der Waals surface area (Å²) in [5.74, 6) is 0.404. The molecule has 2 aromatic rings. The molecule has 0 saturated heterocycles. The van der Waals surface area contributed by atoms with Crippen LogP contribution in [0.5, 0.6) is 0 Å². The second-order valence-electron chi connectivity index (χ2n) is 5.05. The standard InChI is InChI=1S/C13H17N3OS/c1-13(2,3)16-7-6-14-11(12(16)17)15-9-10-5-4-8-18-10/h4-8H,9H2,1-3H3,(H,14,15). The number of anilines is 1. The van der Waals surface area contributed by atoms with Gasteiger partial charge in [0.25, 0.3) is 5.56 Å². The lowest BCUT2D eigenvalue weighted by Crippen LogP contribution is -2.35. The Bertz CT molecular complexity index is 567. The van der Waals surface area contributed by atoms with E-state index in [-0.39, 0.29) is 11.1 Å². The summed E-state index contributed by atoms with van der Waals surface area (Å²) in [7, 11) is 0. The van der Waals surface area contributed by atoms with Gasteiger partial charge in [-0.15, -0.1) is 11.3 Å². The third kappa shape index (κ3) is 2.79. The first kappa shape index (κ1) is 12.8. The molecule has 2 aromatic heterocycles. The van der Waals surface area contributed by atoms with Crippen LogP contribution in [-0.4, -0.2) is 9.55 Å². The summed E-state index contributed by atoms with van der Waals surface area (Å²) in [6.07, 6.45) is 3.38. The zero-order valence-corrected chi connectivity index (χ0v) is 11.6. The Labute approximate surface area is 110 Å². The van der Waals surface area contributed by atoms with Gasteiger partial charge in [-0.1, -0.05) is 6.07 Å². The summed E-state index contributed by atoms with van der Waals surface area (Å²) in [6, 6.07) is 4.02. The van der Waals surface area contributed by atoms with Gasteiger partial charge in [0, 0.05) is 22.8 Å². The van der Waals surface area contributed by atoms with Crippen LogP contribution in [0.4, 0.5) is 5.82 Å². The fraction of sp³-hybridized carbons (Fsp3) is 0.385. The zero-order chi connectivity index (χ0) is 13.2. The number of aromatic nitrogens is 2. The number of rotatable bonds is 3. The van der Waals surface area contributed by atoms with Crippen LogP contribution in [0.3, 0.4) is 0 Å². The maximum atomic E-state index is 12.2. The van der Waals surface area contributed by atoms with Gasteiger partial charge in [-0.05, 0) is 32.2 Å². The molecule has 2 rings (SSSR count). The van der Waals surface area contributed by atoms with Gasteiger partial charge < -0.3 is 9.88 Å². The predicted molar refractivity (Wildman–Crippen MR) is 75.1 cm³/mol. The highest BCUT2D eigenvalue weighted by atomic mass is 32.1. The predicted octanol–water partition coefficient (Wildman–Crippen LogP) is 2.67. The van der Waals surface area contributed by atoms with E-state index in [1.54, 1.807) is 28.3 Å². The molecule has 4 nitrogen and oxygen atoms in total. The molecule has 0 unspecified atom stereocenters. The average Bonchev–Trinajstić information content (AvgIpc) is 2.79. The van der Waals surface area contributed by atoms with Gasteiger partial charge in [-0.2, -0.15) is 0 Å². The number of hydrogen-bond donors (Lipinski definition) is 1. The van der Waals surface area contributed by atoms with Crippen molar-refractivity contribution in [1.29, 1.82) is 0 Å². The molecule has 0 atom stereocenters. The first-order chi connectivity index (χ1) is 8.48. The molecule has 0 saturated carbocycles. The molecule has 2 heterocycles. The minimum atomic E-state index is -0.237. The van der Waals surface area contributed by atoms with E-state index in [4.69, 9.17) is 0 Å². The van der Waals surface area contributed by atoms with Crippen molar-refractivity contribution < 1.29 is 0 Å². The van der Waals surface area contributed by atoms with Crippen molar-refractivity contribution in [3.05, 3.63) is 45.1 Å². The molecule has 1 N–H and O–H groups in total. The fourth-order valence-electron chi connectivity index (χ4n) is 1.65. The van der Waals surface area contributed by atoms with Gasteiger partial charge in [-0.25, -0.2) is 4.98 Å². The van der Waals surface area contributed by atoms with Crippen molar-refractivity contribution in [1.82, 2.24) is 9.55 Å². The van der Waals surface area contributed by atoms with E-state index in [1.165, 1.54) is 4.88 Å². The first-order valence-electron chi connectivity index (χ1n) is 5.83. The van der Waals surface area contributed by atoms with Crippen LogP contribution < -0.4 is 10.9 Å². The van der Waals surface area contributed by atoms with E-state index < -0.39 is 0 Å². The average molecular weight is 263 g/mol. The lowest BCUT2D eigenvalue weighted by molar-refractivity contribution is 0.383. The minimum Gasteiger partial charge on any atom is -0.361 e. The van der Waals surface area contributed by atoms with E-state index in [0.717, 1.165) is 0 Å². The quantitative estimate of drug-likeness (QED) is 0.926. The Kier molecular flexibility index (Phi) is 3.52. The van der Waals surface area contributed by atoms with Gasteiger partial charge in [-0.3, -0.25) is 4.79 Å². The molecule has 18 heavy (non-hydrogen) atoms. The summed E-state index contributed by atoms with van der Waals surface area (Å²) in [5, 5.41) is 5.11. The van der Waals surface area contributed by atoms with E-state index in [0.29, 0.717) is 12.4 Å². The van der Waals surface area contributed by atoms with Crippen molar-refractivity contribution in [3.63, 3.8) is 0 Å². The lowest BCUT2D eigenvalue weighted by Gasteiger charge is -2.22. The smallest absolute Gasteiger partial charge is 0.293 e. The fourth-order valence-corrected chi connectivity index (χ4v) is 2.29. The van der Waals surface area contributed by atoms with Crippen LogP contribution >= 0.6 is 11.3 Å². The van der Waals surface area contributed by atoms with Crippen LogP contribution in [-0.2, 0) is 12.1 Å². The van der Waals surface area contributed by atoms with Gasteiger partial charge in [0.15, 0.2) is 5.82 Å². The lowest BCUT2D eigenvalue weighted by atomic mass is 10.1. The first-order valence-corrected chi connectivity index (χ1v) is 6.71. The maximum Gasteiger partial charge on any atom is 0.293 e. The molecule has 0 fully saturated rings. The highest BCUT2D eigenvalue weighted by Crippen LogP contribution is 2.12. The Hall–Kier alpha value is -1.62. The molecule has 0 amide bonds. The molecule has 5 heteroatoms. The van der Waals surface area contributed by atoms with Crippen molar-refractivity contribution >= 4 is 17.2 Å². The minimum absolute atomic E-state index is 0.0819. The van der Waals surface area contributed by atoms with Crippen molar-refractivity contribution in [2.24, 2.45) is 0 Å². The van der Waals surface area contributed by atoms with Crippen LogP contribution in [0.25, 0.3) is 0 Å². The van der Waals surface area contributed by atoms with E-state index in [1.807, 2.05) is 38.3 Å². The summed E-state index contributed by atoms with van der Waals surface area (Å²) in [5.41, 5.74) is -0.319. The Morgan fingerprint density at radius 1 is 1.44 bits per heavy atom. The third-order valence-corrected chi connectivity index (χ3v) is 3.45. The molecule has 0 radical (unpaired) electrons. The van der Waals surface area contributed by atoms with Gasteiger partial charge in [0.2, 0.25) is 0 Å². The monoisotopic (exact) mass is 263 g/mol. The molecule has 0 bridgehead atoms. The SMILES string of the molecule is CC(C)(C)n1ccnc(NCc2cccs2)c1=O. The number of thiophene rings is 1. The summed E-state index contributed by atoms with van der Waals surface area (Å²) in [4.78, 5) is 17.5. The van der Waals surface area contributed by atoms with Gasteiger partial charge in [0.05, 0.1) is 6.54 Å². The topological polar surface area (TPSA) is 46.9 Å². The van der Waals surface area contributed by atoms with Gasteiger partial charge >= 0.3 is 0 Å². The van der Waals surface area contributed by atoms with E-state index in [9.17, 15) is 4.79 Å². The van der Waals surface area contributed by atoms with E-state index in [2.05, 4.69) is 10.3 Å². The molecular weight excluding hydrogens is 246 g/mol. The Balaban J connectivity index is 2.22. The van der Waals surface area contributed by atoms with Crippen LogP contribution in [0, 0.1) is 0 Å². The normalized spacial score (nSPS) is 11.5. The number of nitrogens with one attached hydrogen (secondary N) is 1. The van der Waals surface area contributed by atoms with Crippen molar-refractivity contribution in [2.45, 2.75) is 32.9 Å². The summed E-state index contributed by atoms with van der Waals surface area (Å²) in [6.45, 7) is 6.63. The second-order valence-corrected chi connectivity index (χ2v) is 6.09. The molecule has 0 aromatic carbocycles. The highest BCUT2D eigenvalue weighted by Gasteiger charge is 2.16. The number of nitrogens with zero attached hydrogens (tertiary/aromatic N) is 2. The molecule has 0 aliphatic heterocycles. The Morgan fingerprint density at radius 2 is 2.22 bits per heavy atom. The van der Waals surface area contributed by atoms with Crippen LogP contribution in [0.2, 0.25) is 0 Å². The molecule has 0 aliphatic rings. The molecular formula is C13H17N3OS. The van der Waals surface area contributed by atoms with Crippen molar-refractivity contribution in [3.8, 4) is 0 Å². The van der Waals surface area contributed by atoms with Crippen LogP contribution in [0.15, 0.2) is 34.7 Å². The molecule has 0 aliphatic carbocycles. The maximum absolute atomic E-state index is 12.2. The van der Waals surface area contributed by atoms with Gasteiger partial charge in [0.1, 0.15) is 0 Å². The number of hydrogen-bond acceptors (Lipinski definition) is 4. The highest BCUT2D eigenvalue weighted by molar-refractivity contribution is 7.09. The largest absolute Gasteiger partial charge is 0.361 e. The molecule has 96 valence electrons. The van der Waals surface area contributed by atoms with Crippen molar-refractivity contribution in [2.75, 3.05) is 5.32 Å². The molecule has 0 spiro atoms. The summed E-state index contributed by atoms with van der Waals surface area (Å²) >= 11 is 1.66. The Morgan fingerprint density at radius 3 is 2.83 bits per heavy atom. The third-order valence-electron chi connectivity index (χ3n) is 2.57. The van der Waals surface area contributed by atoms with E-state index >= 15 is 0 Å². The summed E-state index contributed by atoms with van der Waals surface area (Å²) < 4.78 is 1.69. The zero-order valence-electron chi connectivity index (χ0n) is 10.8.